The van der Waals surface area contributed by atoms with Crippen molar-refractivity contribution in [2.45, 2.75) is 51.5 Å². The second kappa shape index (κ2) is 10.1. The Morgan fingerprint density at radius 1 is 0.872 bits per heavy atom. The largest absolute Gasteiger partial charge is 0.320 e. The van der Waals surface area contributed by atoms with Crippen molar-refractivity contribution in [2.75, 3.05) is 4.90 Å². The van der Waals surface area contributed by atoms with E-state index < -0.39 is 0 Å². The highest BCUT2D eigenvalue weighted by atomic mass is 15.3. The number of allylic oxidation sites excluding steroid dienone is 16. The molecule has 10 rings (SSSR count). The number of anilines is 1. The molecule has 1 aliphatic heterocycles. The number of hydrogen-bond acceptors (Lipinski definition) is 3. The molecule has 3 heteroatoms. The van der Waals surface area contributed by atoms with Gasteiger partial charge in [-0.2, -0.15) is 0 Å². The van der Waals surface area contributed by atoms with Gasteiger partial charge < -0.3 is 4.90 Å². The monoisotopic (exact) mass is 609 g/mol. The van der Waals surface area contributed by atoms with Gasteiger partial charge in [-0.1, -0.05) is 117 Å². The van der Waals surface area contributed by atoms with Gasteiger partial charge in [0.2, 0.25) is 0 Å². The fraction of sp³-hybridized carbons (Fsp3) is 0.273. The van der Waals surface area contributed by atoms with Crippen LogP contribution in [0, 0.1) is 23.2 Å². The summed E-state index contributed by atoms with van der Waals surface area (Å²) in [6.45, 7) is 4.89. The molecule has 0 bridgehead atoms. The highest BCUT2D eigenvalue weighted by molar-refractivity contribution is 5.88. The van der Waals surface area contributed by atoms with Gasteiger partial charge in [-0.05, 0) is 94.7 Å². The van der Waals surface area contributed by atoms with Gasteiger partial charge >= 0.3 is 0 Å². The number of benzene rings is 2. The maximum Gasteiger partial charge on any atom is 0.160 e. The van der Waals surface area contributed by atoms with Gasteiger partial charge in [-0.3, -0.25) is 0 Å². The van der Waals surface area contributed by atoms with Gasteiger partial charge in [0, 0.05) is 22.9 Å². The van der Waals surface area contributed by atoms with E-state index in [0.717, 1.165) is 48.2 Å². The third-order valence-corrected chi connectivity index (χ3v) is 12.1. The minimum atomic E-state index is -0.0748. The molecule has 230 valence electrons. The second-order valence-electron chi connectivity index (χ2n) is 14.6. The van der Waals surface area contributed by atoms with E-state index in [2.05, 4.69) is 140 Å². The Bertz CT molecular complexity index is 2160. The van der Waals surface area contributed by atoms with Gasteiger partial charge in [-0.25, -0.2) is 9.97 Å². The Hall–Kier alpha value is -4.76. The van der Waals surface area contributed by atoms with Crippen LogP contribution in [-0.4, -0.2) is 16.0 Å². The summed E-state index contributed by atoms with van der Waals surface area (Å²) in [5, 5.41) is 0. The van der Waals surface area contributed by atoms with Crippen LogP contribution in [0.5, 0.6) is 0 Å². The zero-order valence-electron chi connectivity index (χ0n) is 27.1. The van der Waals surface area contributed by atoms with Crippen LogP contribution in [0.2, 0.25) is 0 Å². The summed E-state index contributed by atoms with van der Waals surface area (Å²) in [6.07, 6.45) is 32.9. The number of para-hydroxylation sites is 2. The first-order valence-corrected chi connectivity index (χ1v) is 17.5. The van der Waals surface area contributed by atoms with Crippen LogP contribution in [-0.2, 0) is 0 Å². The lowest BCUT2D eigenvalue weighted by atomic mass is 9.53. The predicted octanol–water partition coefficient (Wildman–Crippen LogP) is 10.2. The van der Waals surface area contributed by atoms with Gasteiger partial charge in [-0.15, -0.1) is 0 Å². The summed E-state index contributed by atoms with van der Waals surface area (Å²) in [7, 11) is 0. The Morgan fingerprint density at radius 3 is 2.55 bits per heavy atom. The first kappa shape index (κ1) is 27.4. The average molecular weight is 610 g/mol. The fourth-order valence-electron chi connectivity index (χ4n) is 9.98. The van der Waals surface area contributed by atoms with E-state index in [4.69, 9.17) is 9.97 Å². The van der Waals surface area contributed by atoms with Crippen molar-refractivity contribution in [3.63, 3.8) is 0 Å². The molecule has 6 unspecified atom stereocenters. The van der Waals surface area contributed by atoms with E-state index >= 15 is 0 Å². The minimum Gasteiger partial charge on any atom is -0.320 e. The van der Waals surface area contributed by atoms with Crippen LogP contribution in [0.25, 0.3) is 22.2 Å². The molecule has 7 aliphatic rings. The minimum absolute atomic E-state index is 0.0748. The zero-order valence-corrected chi connectivity index (χ0v) is 27.1. The predicted molar refractivity (Wildman–Crippen MR) is 193 cm³/mol. The first-order valence-electron chi connectivity index (χ1n) is 17.5. The molecule has 0 amide bonds. The molecule has 0 saturated carbocycles. The van der Waals surface area contributed by atoms with E-state index in [-0.39, 0.29) is 11.5 Å². The fourth-order valence-corrected chi connectivity index (χ4v) is 9.98. The summed E-state index contributed by atoms with van der Waals surface area (Å²) in [5.74, 6) is 2.53. The molecule has 3 aromatic rings. The van der Waals surface area contributed by atoms with E-state index in [1.165, 1.54) is 44.7 Å². The summed E-state index contributed by atoms with van der Waals surface area (Å²) >= 11 is 0. The third-order valence-electron chi connectivity index (χ3n) is 12.1. The Balaban J connectivity index is 1.29. The topological polar surface area (TPSA) is 29.0 Å². The number of hydrogen-bond donors (Lipinski definition) is 0. The van der Waals surface area contributed by atoms with Gasteiger partial charge in [0.05, 0.1) is 17.1 Å². The van der Waals surface area contributed by atoms with Crippen molar-refractivity contribution in [3.05, 3.63) is 161 Å². The Morgan fingerprint density at radius 2 is 1.72 bits per heavy atom. The molecular weight excluding hydrogens is 571 g/mol. The Kier molecular flexibility index (Phi) is 5.89. The third kappa shape index (κ3) is 3.80. The van der Waals surface area contributed by atoms with E-state index in [0.29, 0.717) is 23.7 Å². The normalized spacial score (nSPS) is 31.2. The number of aromatic nitrogens is 2. The summed E-state index contributed by atoms with van der Waals surface area (Å²) in [6, 6.07) is 17.8. The van der Waals surface area contributed by atoms with Crippen molar-refractivity contribution in [2.24, 2.45) is 23.2 Å². The van der Waals surface area contributed by atoms with E-state index in [9.17, 15) is 0 Å². The molecule has 1 aromatic heterocycles. The highest BCUT2D eigenvalue weighted by Gasteiger charge is 2.62. The molecule has 1 saturated heterocycles. The van der Waals surface area contributed by atoms with Crippen molar-refractivity contribution in [1.82, 2.24) is 9.97 Å². The van der Waals surface area contributed by atoms with Gasteiger partial charge in [0.15, 0.2) is 5.82 Å². The van der Waals surface area contributed by atoms with Gasteiger partial charge in [0.25, 0.3) is 0 Å². The number of fused-ring (bicyclic) bond motifs is 4. The van der Waals surface area contributed by atoms with E-state index in [1.807, 2.05) is 0 Å². The van der Waals surface area contributed by atoms with Crippen LogP contribution in [0.4, 0.5) is 5.82 Å². The SMILES string of the molecule is CC1C=CC(c2nc3ccccc3nc2N2C3=CC(C4=CC=CCC4)=C4C=CCC5c6ccccc6C6=CC=CC2C6C3C45C)=CC1. The molecule has 0 N–H and O–H groups in total. The molecule has 3 nitrogen and oxygen atoms in total. The highest BCUT2D eigenvalue weighted by Crippen LogP contribution is 2.68. The number of nitrogens with zero attached hydrogens (tertiary/aromatic N) is 3. The van der Waals surface area contributed by atoms with Crippen LogP contribution >= 0.6 is 0 Å². The maximum atomic E-state index is 5.54. The van der Waals surface area contributed by atoms with Crippen molar-refractivity contribution < 1.29 is 0 Å². The van der Waals surface area contributed by atoms with Crippen molar-refractivity contribution in [3.8, 4) is 0 Å². The molecule has 2 aromatic carbocycles. The summed E-state index contributed by atoms with van der Waals surface area (Å²) in [4.78, 5) is 13.6. The molecule has 2 heterocycles. The first-order chi connectivity index (χ1) is 23.1. The van der Waals surface area contributed by atoms with Crippen LogP contribution in [0.15, 0.2) is 144 Å². The quantitative estimate of drug-likeness (QED) is 0.296. The standard InChI is InChI=1S/C44H39N3/c1-27-22-24-29(25-23-27)42-43(46-37-20-9-8-19-36(37)45-42)47-38-21-10-16-32-30-14-6-7-15-31(30)34-17-11-18-35-33(28-12-4-3-5-13-28)26-39(47)41(40(32)38)44(34,35)2/h3-4,6-12,14-16,18-22,24-27,34,38,40-41H,5,13,17,23H2,1-2H3. The van der Waals surface area contributed by atoms with Gasteiger partial charge in [0.1, 0.15) is 5.69 Å². The number of rotatable bonds is 3. The second-order valence-corrected chi connectivity index (χ2v) is 14.6. The van der Waals surface area contributed by atoms with Crippen molar-refractivity contribution in [1.29, 1.82) is 0 Å². The molecule has 0 radical (unpaired) electrons. The van der Waals surface area contributed by atoms with Crippen molar-refractivity contribution >= 4 is 28.0 Å². The molecule has 0 spiro atoms. The average Bonchev–Trinajstić information content (AvgIpc) is 3.41. The molecule has 47 heavy (non-hydrogen) atoms. The summed E-state index contributed by atoms with van der Waals surface area (Å²) < 4.78 is 0. The molecule has 1 fully saturated rings. The molecule has 6 aliphatic carbocycles. The van der Waals surface area contributed by atoms with Crippen LogP contribution in [0.1, 0.15) is 62.3 Å². The Labute approximate surface area is 277 Å². The maximum absolute atomic E-state index is 5.54. The lowest BCUT2D eigenvalue weighted by Gasteiger charge is -2.50. The zero-order chi connectivity index (χ0) is 31.3. The molecular formula is C44H39N3. The van der Waals surface area contributed by atoms with E-state index in [1.54, 1.807) is 0 Å². The molecule has 6 atom stereocenters. The lowest BCUT2D eigenvalue weighted by molar-refractivity contribution is 0.194. The van der Waals surface area contributed by atoms with Crippen LogP contribution in [0.3, 0.4) is 0 Å². The summed E-state index contributed by atoms with van der Waals surface area (Å²) in [5.41, 5.74) is 14.2. The van der Waals surface area contributed by atoms with Crippen LogP contribution < -0.4 is 4.90 Å². The smallest absolute Gasteiger partial charge is 0.160 e. The lowest BCUT2D eigenvalue weighted by Crippen LogP contribution is -2.42.